The average Bonchev–Trinajstić information content (AvgIpc) is 2.60. The monoisotopic (exact) mass is 379 g/mol. The molecule has 0 aliphatic carbocycles. The van der Waals surface area contributed by atoms with E-state index in [2.05, 4.69) is 17.2 Å². The van der Waals surface area contributed by atoms with Crippen LogP contribution in [0.5, 0.6) is 0 Å². The van der Waals surface area contributed by atoms with Crippen molar-refractivity contribution in [1.82, 2.24) is 9.29 Å². The van der Waals surface area contributed by atoms with Gasteiger partial charge in [0.15, 0.2) is 0 Å². The van der Waals surface area contributed by atoms with E-state index in [0.29, 0.717) is 5.03 Å². The molecule has 0 atom stereocenters. The Bertz CT molecular complexity index is 834. The molecule has 0 aliphatic heterocycles. The predicted octanol–water partition coefficient (Wildman–Crippen LogP) is 2.63. The summed E-state index contributed by atoms with van der Waals surface area (Å²) in [5.41, 5.74) is 1.93. The maximum absolute atomic E-state index is 12.0. The topological polar surface area (TPSA) is 79.4 Å². The van der Waals surface area contributed by atoms with Crippen molar-refractivity contribution in [2.75, 3.05) is 25.2 Å². The van der Waals surface area contributed by atoms with Crippen LogP contribution in [0.25, 0.3) is 0 Å². The molecular formula is C17H21N3O3S2. The number of rotatable bonds is 7. The molecule has 0 spiro atoms. The molecule has 0 fully saturated rings. The van der Waals surface area contributed by atoms with Crippen molar-refractivity contribution in [3.05, 3.63) is 48.2 Å². The van der Waals surface area contributed by atoms with Gasteiger partial charge in [-0.05, 0) is 36.2 Å². The number of nitrogens with zero attached hydrogens (tertiary/aromatic N) is 2. The van der Waals surface area contributed by atoms with Crippen LogP contribution in [0.1, 0.15) is 12.5 Å². The second-order valence-corrected chi connectivity index (χ2v) is 8.66. The van der Waals surface area contributed by atoms with Gasteiger partial charge in [0.2, 0.25) is 15.9 Å². The van der Waals surface area contributed by atoms with Crippen molar-refractivity contribution >= 4 is 33.4 Å². The first-order valence-corrected chi connectivity index (χ1v) is 10.2. The number of nitrogens with one attached hydrogen (secondary N) is 1. The highest BCUT2D eigenvalue weighted by molar-refractivity contribution is 7.99. The van der Waals surface area contributed by atoms with Crippen LogP contribution in [-0.2, 0) is 21.2 Å². The molecule has 6 nitrogen and oxygen atoms in total. The minimum atomic E-state index is -3.49. The number of benzene rings is 1. The van der Waals surface area contributed by atoms with E-state index in [1.54, 1.807) is 6.07 Å². The predicted molar refractivity (Wildman–Crippen MR) is 100 cm³/mol. The Balaban J connectivity index is 1.93. The van der Waals surface area contributed by atoms with E-state index in [1.807, 2.05) is 24.3 Å². The molecule has 1 aromatic heterocycles. The molecular weight excluding hydrogens is 358 g/mol. The van der Waals surface area contributed by atoms with Gasteiger partial charge < -0.3 is 5.32 Å². The van der Waals surface area contributed by atoms with Gasteiger partial charge in [0.1, 0.15) is 4.90 Å². The molecule has 0 saturated heterocycles. The number of hydrogen-bond acceptors (Lipinski definition) is 5. The van der Waals surface area contributed by atoms with E-state index in [0.717, 1.165) is 22.0 Å². The second kappa shape index (κ2) is 8.46. The van der Waals surface area contributed by atoms with Gasteiger partial charge in [0.05, 0.1) is 10.8 Å². The fourth-order valence-corrected chi connectivity index (χ4v) is 3.51. The van der Waals surface area contributed by atoms with Crippen LogP contribution in [0.4, 0.5) is 5.69 Å². The van der Waals surface area contributed by atoms with Gasteiger partial charge in [-0.3, -0.25) is 4.79 Å². The molecule has 2 aromatic rings. The molecule has 0 unspecified atom stereocenters. The molecule has 0 radical (unpaired) electrons. The number of pyridine rings is 1. The van der Waals surface area contributed by atoms with Crippen LogP contribution in [-0.4, -0.2) is 43.5 Å². The van der Waals surface area contributed by atoms with Crippen molar-refractivity contribution < 1.29 is 13.2 Å². The van der Waals surface area contributed by atoms with Gasteiger partial charge in [-0.1, -0.05) is 30.8 Å². The minimum absolute atomic E-state index is 0.127. The molecule has 0 bridgehead atoms. The summed E-state index contributed by atoms with van der Waals surface area (Å²) in [5.74, 6) is 0.0633. The Morgan fingerprint density at radius 1 is 1.24 bits per heavy atom. The molecule has 2 rings (SSSR count). The first-order chi connectivity index (χ1) is 11.8. The largest absolute Gasteiger partial charge is 0.325 e. The third-order valence-corrected chi connectivity index (χ3v) is 6.20. The summed E-state index contributed by atoms with van der Waals surface area (Å²) in [6.45, 7) is 2.06. The minimum Gasteiger partial charge on any atom is -0.325 e. The normalized spacial score (nSPS) is 11.5. The number of carbonyl (C=O) groups excluding carboxylic acids is 1. The number of thioether (sulfide) groups is 1. The highest BCUT2D eigenvalue weighted by atomic mass is 32.2. The molecule has 8 heteroatoms. The number of aryl methyl sites for hydroxylation is 1. The fourth-order valence-electron chi connectivity index (χ4n) is 2.02. The summed E-state index contributed by atoms with van der Waals surface area (Å²) < 4.78 is 25.1. The highest BCUT2D eigenvalue weighted by Crippen LogP contribution is 2.19. The number of hydrogen-bond donors (Lipinski definition) is 1. The summed E-state index contributed by atoms with van der Waals surface area (Å²) in [5, 5.41) is 3.44. The summed E-state index contributed by atoms with van der Waals surface area (Å²) in [4.78, 5) is 16.3. The first kappa shape index (κ1) is 19.4. The Morgan fingerprint density at radius 3 is 2.60 bits per heavy atom. The van der Waals surface area contributed by atoms with Crippen LogP contribution >= 0.6 is 11.8 Å². The molecule has 25 heavy (non-hydrogen) atoms. The standard InChI is InChI=1S/C17H21N3O3S2/c1-4-13-6-5-7-14(10-13)19-16(21)12-24-17-9-8-15(11-18-17)25(22,23)20(2)3/h5-11H,4,12H2,1-3H3,(H,19,21). The summed E-state index contributed by atoms with van der Waals surface area (Å²) >= 11 is 1.25. The molecule has 1 N–H and O–H groups in total. The van der Waals surface area contributed by atoms with Gasteiger partial charge in [-0.25, -0.2) is 17.7 Å². The molecule has 1 aromatic carbocycles. The number of aromatic nitrogens is 1. The summed E-state index contributed by atoms with van der Waals surface area (Å²) in [6, 6.07) is 10.8. The van der Waals surface area contributed by atoms with E-state index in [4.69, 9.17) is 0 Å². The Hall–Kier alpha value is -1.90. The van der Waals surface area contributed by atoms with E-state index in [1.165, 1.54) is 38.1 Å². The Morgan fingerprint density at radius 2 is 2.00 bits per heavy atom. The van der Waals surface area contributed by atoms with Gasteiger partial charge in [-0.2, -0.15) is 0 Å². The van der Waals surface area contributed by atoms with E-state index in [-0.39, 0.29) is 16.6 Å². The zero-order valence-electron chi connectivity index (χ0n) is 14.4. The van der Waals surface area contributed by atoms with Crippen LogP contribution in [0.3, 0.4) is 0 Å². The fraction of sp³-hybridized carbons (Fsp3) is 0.294. The maximum atomic E-state index is 12.0. The zero-order valence-corrected chi connectivity index (χ0v) is 16.0. The SMILES string of the molecule is CCc1cccc(NC(=O)CSc2ccc(S(=O)(=O)N(C)C)cn2)c1. The van der Waals surface area contributed by atoms with Crippen LogP contribution in [0, 0.1) is 0 Å². The third kappa shape index (κ3) is 5.29. The van der Waals surface area contributed by atoms with Gasteiger partial charge >= 0.3 is 0 Å². The lowest BCUT2D eigenvalue weighted by Crippen LogP contribution is -2.22. The molecule has 1 amide bonds. The van der Waals surface area contributed by atoms with Gasteiger partial charge in [0.25, 0.3) is 0 Å². The lowest BCUT2D eigenvalue weighted by molar-refractivity contribution is -0.113. The van der Waals surface area contributed by atoms with Crippen molar-refractivity contribution in [2.24, 2.45) is 0 Å². The number of carbonyl (C=O) groups is 1. The lowest BCUT2D eigenvalue weighted by Gasteiger charge is -2.11. The average molecular weight is 380 g/mol. The summed E-state index contributed by atoms with van der Waals surface area (Å²) in [7, 11) is -0.554. The van der Waals surface area contributed by atoms with Crippen LogP contribution in [0.2, 0.25) is 0 Å². The molecule has 1 heterocycles. The van der Waals surface area contributed by atoms with E-state index in [9.17, 15) is 13.2 Å². The van der Waals surface area contributed by atoms with E-state index < -0.39 is 10.0 Å². The molecule has 0 aliphatic rings. The Kier molecular flexibility index (Phi) is 6.57. The first-order valence-electron chi connectivity index (χ1n) is 7.73. The lowest BCUT2D eigenvalue weighted by atomic mass is 10.1. The molecule has 134 valence electrons. The van der Waals surface area contributed by atoms with E-state index >= 15 is 0 Å². The third-order valence-electron chi connectivity index (χ3n) is 3.46. The van der Waals surface area contributed by atoms with Crippen molar-refractivity contribution in [3.63, 3.8) is 0 Å². The zero-order chi connectivity index (χ0) is 18.4. The quantitative estimate of drug-likeness (QED) is 0.748. The van der Waals surface area contributed by atoms with Crippen molar-refractivity contribution in [3.8, 4) is 0 Å². The van der Waals surface area contributed by atoms with Crippen LogP contribution in [0.15, 0.2) is 52.5 Å². The maximum Gasteiger partial charge on any atom is 0.244 e. The molecule has 0 saturated carbocycles. The number of sulfonamides is 1. The van der Waals surface area contributed by atoms with Crippen molar-refractivity contribution in [2.45, 2.75) is 23.3 Å². The number of amides is 1. The second-order valence-electron chi connectivity index (χ2n) is 5.51. The van der Waals surface area contributed by atoms with Crippen LogP contribution < -0.4 is 5.32 Å². The van der Waals surface area contributed by atoms with Gasteiger partial charge in [0, 0.05) is 26.0 Å². The Labute approximate surface area is 152 Å². The summed E-state index contributed by atoms with van der Waals surface area (Å²) in [6.07, 6.45) is 2.21. The smallest absolute Gasteiger partial charge is 0.244 e. The van der Waals surface area contributed by atoms with Gasteiger partial charge in [-0.15, -0.1) is 0 Å². The highest BCUT2D eigenvalue weighted by Gasteiger charge is 2.17. The number of anilines is 1. The van der Waals surface area contributed by atoms with Crippen molar-refractivity contribution in [1.29, 1.82) is 0 Å².